The zero-order valence-corrected chi connectivity index (χ0v) is 15.2. The Morgan fingerprint density at radius 2 is 2.22 bits per heavy atom. The topological polar surface area (TPSA) is 108 Å². The molecular formula is C18H22N8O. The van der Waals surface area contributed by atoms with Gasteiger partial charge in [0.1, 0.15) is 18.2 Å². The van der Waals surface area contributed by atoms with Gasteiger partial charge in [-0.2, -0.15) is 5.10 Å². The molecule has 1 unspecified atom stereocenters. The zero-order chi connectivity index (χ0) is 18.8. The monoisotopic (exact) mass is 366 g/mol. The number of carbonyl (C=O) groups excluding carboxylic acids is 1. The maximum Gasteiger partial charge on any atom is 0.254 e. The van der Waals surface area contributed by atoms with E-state index in [1.165, 1.54) is 0 Å². The van der Waals surface area contributed by atoms with Crippen molar-refractivity contribution in [1.82, 2.24) is 34.4 Å². The van der Waals surface area contributed by atoms with Gasteiger partial charge in [0.25, 0.3) is 5.91 Å². The maximum absolute atomic E-state index is 12.8. The van der Waals surface area contributed by atoms with Gasteiger partial charge in [0.2, 0.25) is 0 Å². The number of rotatable bonds is 4. The molecule has 3 aromatic heterocycles. The number of amides is 1. The van der Waals surface area contributed by atoms with E-state index in [2.05, 4.69) is 20.3 Å². The standard InChI is InChI=1S/C18H22N8O/c1-24-16(12-26-9-3-6-21-26)22-23-17(24)14-4-2-8-25(11-14)18(27)13-5-7-20-15(19)10-13/h3,5-7,9-10,14H,2,4,8,11-12H2,1H3,(H2,19,20). The summed E-state index contributed by atoms with van der Waals surface area (Å²) >= 11 is 0. The van der Waals surface area contributed by atoms with Crippen LogP contribution in [0.2, 0.25) is 0 Å². The van der Waals surface area contributed by atoms with Gasteiger partial charge in [-0.25, -0.2) is 4.98 Å². The Kier molecular flexibility index (Phi) is 4.57. The summed E-state index contributed by atoms with van der Waals surface area (Å²) in [6.45, 7) is 1.92. The van der Waals surface area contributed by atoms with E-state index in [-0.39, 0.29) is 11.8 Å². The molecule has 1 fully saturated rings. The first-order valence-corrected chi connectivity index (χ1v) is 8.98. The molecule has 140 valence electrons. The van der Waals surface area contributed by atoms with Crippen molar-refractivity contribution in [2.75, 3.05) is 18.8 Å². The maximum atomic E-state index is 12.8. The van der Waals surface area contributed by atoms with Crippen molar-refractivity contribution in [3.63, 3.8) is 0 Å². The average molecular weight is 366 g/mol. The Balaban J connectivity index is 1.50. The highest BCUT2D eigenvalue weighted by atomic mass is 16.2. The van der Waals surface area contributed by atoms with Crippen LogP contribution in [0, 0.1) is 0 Å². The van der Waals surface area contributed by atoms with Gasteiger partial charge in [-0.1, -0.05) is 0 Å². The third-order valence-corrected chi connectivity index (χ3v) is 4.96. The molecule has 0 aromatic carbocycles. The van der Waals surface area contributed by atoms with Crippen LogP contribution < -0.4 is 5.73 Å². The fraction of sp³-hybridized carbons (Fsp3) is 0.389. The number of anilines is 1. The van der Waals surface area contributed by atoms with Crippen LogP contribution in [0.5, 0.6) is 0 Å². The normalized spacial score (nSPS) is 17.2. The second-order valence-corrected chi connectivity index (χ2v) is 6.80. The van der Waals surface area contributed by atoms with E-state index in [4.69, 9.17) is 5.73 Å². The van der Waals surface area contributed by atoms with Crippen molar-refractivity contribution in [2.45, 2.75) is 25.3 Å². The Labute approximate surface area is 156 Å². The second-order valence-electron chi connectivity index (χ2n) is 6.80. The summed E-state index contributed by atoms with van der Waals surface area (Å²) in [4.78, 5) is 18.6. The summed E-state index contributed by atoms with van der Waals surface area (Å²) in [5, 5.41) is 13.0. The third-order valence-electron chi connectivity index (χ3n) is 4.96. The van der Waals surface area contributed by atoms with E-state index in [0.29, 0.717) is 24.5 Å². The van der Waals surface area contributed by atoms with Crippen molar-refractivity contribution in [3.05, 3.63) is 54.0 Å². The lowest BCUT2D eigenvalue weighted by molar-refractivity contribution is 0.0703. The number of piperidine rings is 1. The van der Waals surface area contributed by atoms with Crippen molar-refractivity contribution >= 4 is 11.7 Å². The highest BCUT2D eigenvalue weighted by molar-refractivity contribution is 5.94. The van der Waals surface area contributed by atoms with Gasteiger partial charge >= 0.3 is 0 Å². The number of nitrogens with two attached hydrogens (primary N) is 1. The van der Waals surface area contributed by atoms with Crippen molar-refractivity contribution in [2.24, 2.45) is 7.05 Å². The minimum atomic E-state index is -0.0206. The van der Waals surface area contributed by atoms with Crippen molar-refractivity contribution < 1.29 is 4.79 Å². The molecule has 1 aliphatic heterocycles. The fourth-order valence-corrected chi connectivity index (χ4v) is 3.54. The first-order valence-electron chi connectivity index (χ1n) is 8.98. The SMILES string of the molecule is Cn1c(Cn2cccn2)nnc1C1CCCN(C(=O)c2ccnc(N)c2)C1. The predicted molar refractivity (Wildman–Crippen MR) is 98.9 cm³/mol. The molecule has 0 saturated carbocycles. The van der Waals surface area contributed by atoms with E-state index < -0.39 is 0 Å². The van der Waals surface area contributed by atoms with Crippen LogP contribution in [0.15, 0.2) is 36.8 Å². The number of aromatic nitrogens is 6. The van der Waals surface area contributed by atoms with Crippen LogP contribution in [0.1, 0.15) is 40.8 Å². The lowest BCUT2D eigenvalue weighted by atomic mass is 9.96. The Bertz CT molecular complexity index is 933. The van der Waals surface area contributed by atoms with Gasteiger partial charge in [-0.3, -0.25) is 9.48 Å². The minimum Gasteiger partial charge on any atom is -0.384 e. The molecule has 1 atom stereocenters. The fourth-order valence-electron chi connectivity index (χ4n) is 3.54. The molecule has 27 heavy (non-hydrogen) atoms. The van der Waals surface area contributed by atoms with Gasteiger partial charge < -0.3 is 15.2 Å². The highest BCUT2D eigenvalue weighted by Crippen LogP contribution is 2.27. The zero-order valence-electron chi connectivity index (χ0n) is 15.2. The average Bonchev–Trinajstić information content (AvgIpc) is 3.32. The molecule has 3 aromatic rings. The number of nitrogen functional groups attached to an aromatic ring is 1. The molecule has 9 nitrogen and oxygen atoms in total. The second kappa shape index (κ2) is 7.18. The first-order chi connectivity index (χ1) is 13.1. The minimum absolute atomic E-state index is 0.0206. The highest BCUT2D eigenvalue weighted by Gasteiger charge is 2.29. The van der Waals surface area contributed by atoms with Gasteiger partial charge in [-0.15, -0.1) is 10.2 Å². The summed E-state index contributed by atoms with van der Waals surface area (Å²) in [5.74, 6) is 2.24. The largest absolute Gasteiger partial charge is 0.384 e. The molecule has 0 spiro atoms. The number of hydrogen-bond donors (Lipinski definition) is 1. The number of pyridine rings is 1. The van der Waals surface area contributed by atoms with E-state index in [0.717, 1.165) is 31.0 Å². The Morgan fingerprint density at radius 1 is 1.33 bits per heavy atom. The third kappa shape index (κ3) is 3.53. The lowest BCUT2D eigenvalue weighted by Gasteiger charge is -2.32. The smallest absolute Gasteiger partial charge is 0.254 e. The van der Waals surface area contributed by atoms with Crippen LogP contribution in [-0.4, -0.2) is 53.4 Å². The molecule has 1 amide bonds. The van der Waals surface area contributed by atoms with Gasteiger partial charge in [0.15, 0.2) is 5.82 Å². The quantitative estimate of drug-likeness (QED) is 0.740. The molecular weight excluding hydrogens is 344 g/mol. The van der Waals surface area contributed by atoms with Crippen molar-refractivity contribution in [3.8, 4) is 0 Å². The summed E-state index contributed by atoms with van der Waals surface area (Å²) in [6, 6.07) is 5.21. The predicted octanol–water partition coefficient (Wildman–Crippen LogP) is 1.06. The van der Waals surface area contributed by atoms with Crippen LogP contribution in [-0.2, 0) is 13.6 Å². The van der Waals surface area contributed by atoms with E-state index in [1.54, 1.807) is 24.5 Å². The summed E-state index contributed by atoms with van der Waals surface area (Å²) in [5.41, 5.74) is 6.28. The molecule has 9 heteroatoms. The van der Waals surface area contributed by atoms with Gasteiger partial charge in [-0.05, 0) is 31.0 Å². The molecule has 0 aliphatic carbocycles. The molecule has 1 aliphatic rings. The number of carbonyl (C=O) groups is 1. The number of likely N-dealkylation sites (tertiary alicyclic amines) is 1. The van der Waals surface area contributed by atoms with Crippen molar-refractivity contribution in [1.29, 1.82) is 0 Å². The molecule has 1 saturated heterocycles. The summed E-state index contributed by atoms with van der Waals surface area (Å²) in [7, 11) is 1.97. The van der Waals surface area contributed by atoms with Gasteiger partial charge in [0.05, 0.1) is 0 Å². The molecule has 0 radical (unpaired) electrons. The lowest BCUT2D eigenvalue weighted by Crippen LogP contribution is -2.39. The van der Waals surface area contributed by atoms with Crippen LogP contribution >= 0.6 is 0 Å². The van der Waals surface area contributed by atoms with Crippen LogP contribution in [0.25, 0.3) is 0 Å². The molecule has 4 rings (SSSR count). The number of nitrogens with zero attached hydrogens (tertiary/aromatic N) is 7. The Hall–Kier alpha value is -3.23. The Morgan fingerprint density at radius 3 is 3.00 bits per heavy atom. The molecule has 4 heterocycles. The number of hydrogen-bond acceptors (Lipinski definition) is 6. The van der Waals surface area contributed by atoms with E-state index >= 15 is 0 Å². The van der Waals surface area contributed by atoms with Crippen LogP contribution in [0.3, 0.4) is 0 Å². The van der Waals surface area contributed by atoms with Crippen LogP contribution in [0.4, 0.5) is 5.82 Å². The molecule has 0 bridgehead atoms. The summed E-state index contributed by atoms with van der Waals surface area (Å²) < 4.78 is 3.84. The summed E-state index contributed by atoms with van der Waals surface area (Å²) in [6.07, 6.45) is 7.12. The first kappa shape index (κ1) is 17.2. The van der Waals surface area contributed by atoms with E-state index in [1.807, 2.05) is 33.5 Å². The molecule has 2 N–H and O–H groups in total. The van der Waals surface area contributed by atoms with Gasteiger partial charge in [0, 0.05) is 50.2 Å². The van der Waals surface area contributed by atoms with E-state index in [9.17, 15) is 4.79 Å².